The van der Waals surface area contributed by atoms with Gasteiger partial charge in [0.1, 0.15) is 0 Å². The van der Waals surface area contributed by atoms with E-state index in [-0.39, 0.29) is 11.5 Å². The third-order valence-corrected chi connectivity index (χ3v) is 4.40. The van der Waals surface area contributed by atoms with E-state index in [0.717, 1.165) is 13.0 Å². The lowest BCUT2D eigenvalue weighted by Crippen LogP contribution is -2.42. The first kappa shape index (κ1) is 12.3. The van der Waals surface area contributed by atoms with Crippen LogP contribution >= 0.6 is 0 Å². The summed E-state index contributed by atoms with van der Waals surface area (Å²) in [4.78, 5) is 2.14. The van der Waals surface area contributed by atoms with Gasteiger partial charge in [-0.3, -0.25) is 4.90 Å². The van der Waals surface area contributed by atoms with Gasteiger partial charge in [-0.1, -0.05) is 13.8 Å². The zero-order chi connectivity index (χ0) is 11.9. The molecular weight excluding hydrogens is 204 g/mol. The molecule has 2 rings (SSSR count). The van der Waals surface area contributed by atoms with E-state index in [1.807, 2.05) is 0 Å². The molecule has 4 unspecified atom stereocenters. The summed E-state index contributed by atoms with van der Waals surface area (Å²) in [6.45, 7) is 6.55. The van der Waals surface area contributed by atoms with Crippen molar-refractivity contribution in [2.24, 2.45) is 17.1 Å². The number of likely N-dealkylation sites (tertiary alicyclic amines) is 1. The molecule has 4 heteroatoms. The van der Waals surface area contributed by atoms with Crippen molar-refractivity contribution in [1.29, 1.82) is 0 Å². The molecule has 0 radical (unpaired) electrons. The fourth-order valence-corrected chi connectivity index (χ4v) is 3.07. The molecule has 4 nitrogen and oxygen atoms in total. The van der Waals surface area contributed by atoms with Gasteiger partial charge < -0.3 is 15.9 Å². The van der Waals surface area contributed by atoms with Crippen LogP contribution < -0.4 is 5.73 Å². The van der Waals surface area contributed by atoms with Gasteiger partial charge in [-0.25, -0.2) is 0 Å². The molecule has 1 aliphatic carbocycles. The molecule has 0 aromatic rings. The lowest BCUT2D eigenvalue weighted by atomic mass is 9.85. The van der Waals surface area contributed by atoms with E-state index < -0.39 is 12.2 Å². The molecule has 0 aromatic carbocycles. The van der Waals surface area contributed by atoms with Crippen molar-refractivity contribution in [3.8, 4) is 0 Å². The highest BCUT2D eigenvalue weighted by Crippen LogP contribution is 2.40. The van der Waals surface area contributed by atoms with Crippen LogP contribution in [-0.4, -0.2) is 53.0 Å². The minimum absolute atomic E-state index is 0.238. The summed E-state index contributed by atoms with van der Waals surface area (Å²) < 4.78 is 0. The van der Waals surface area contributed by atoms with E-state index >= 15 is 0 Å². The van der Waals surface area contributed by atoms with Crippen molar-refractivity contribution in [2.45, 2.75) is 44.9 Å². The number of aliphatic hydroxyl groups excluding tert-OH is 2. The molecule has 16 heavy (non-hydrogen) atoms. The minimum atomic E-state index is -0.578. The molecule has 1 saturated carbocycles. The molecule has 0 aromatic heterocycles. The van der Waals surface area contributed by atoms with E-state index in [1.54, 1.807) is 0 Å². The van der Waals surface area contributed by atoms with Crippen molar-refractivity contribution in [1.82, 2.24) is 4.90 Å². The van der Waals surface area contributed by atoms with Gasteiger partial charge in [0.25, 0.3) is 0 Å². The van der Waals surface area contributed by atoms with Gasteiger partial charge >= 0.3 is 0 Å². The van der Waals surface area contributed by atoms with Crippen LogP contribution in [0.2, 0.25) is 0 Å². The molecule has 1 saturated heterocycles. The molecule has 0 spiro atoms. The second-order valence-corrected chi connectivity index (χ2v) is 6.17. The minimum Gasteiger partial charge on any atom is -0.389 e. The monoisotopic (exact) mass is 228 g/mol. The van der Waals surface area contributed by atoms with Gasteiger partial charge in [0.05, 0.1) is 12.2 Å². The van der Waals surface area contributed by atoms with Crippen LogP contribution in [0.4, 0.5) is 0 Å². The summed E-state index contributed by atoms with van der Waals surface area (Å²) in [5, 5.41) is 19.0. The Morgan fingerprint density at radius 1 is 1.25 bits per heavy atom. The van der Waals surface area contributed by atoms with Crippen LogP contribution in [0.3, 0.4) is 0 Å². The third kappa shape index (κ3) is 2.25. The van der Waals surface area contributed by atoms with E-state index in [0.29, 0.717) is 19.0 Å². The molecular formula is C12H24N2O2. The lowest BCUT2D eigenvalue weighted by Gasteiger charge is -2.29. The van der Waals surface area contributed by atoms with E-state index in [4.69, 9.17) is 5.73 Å². The standard InChI is InChI=1S/C12H24N2O2/c1-12(2)4-3-8(11(12)13)5-14-6-9(15)10(16)7-14/h8-11,15-16H,3-7,13H2,1-2H3. The highest BCUT2D eigenvalue weighted by atomic mass is 16.3. The highest BCUT2D eigenvalue weighted by Gasteiger charge is 2.41. The van der Waals surface area contributed by atoms with Crippen molar-refractivity contribution in [3.63, 3.8) is 0 Å². The number of hydrogen-bond acceptors (Lipinski definition) is 4. The molecule has 94 valence electrons. The number of hydrogen-bond donors (Lipinski definition) is 3. The van der Waals surface area contributed by atoms with Crippen LogP contribution in [0.15, 0.2) is 0 Å². The maximum Gasteiger partial charge on any atom is 0.0938 e. The normalized spacial score (nSPS) is 44.1. The van der Waals surface area contributed by atoms with Gasteiger partial charge in [-0.05, 0) is 24.2 Å². The molecule has 4 N–H and O–H groups in total. The number of β-amino-alcohol motifs (C(OH)–C–C–N with tert-alkyl or cyclic N) is 2. The van der Waals surface area contributed by atoms with Gasteiger partial charge in [-0.15, -0.1) is 0 Å². The fraction of sp³-hybridized carbons (Fsp3) is 1.00. The van der Waals surface area contributed by atoms with Crippen LogP contribution in [0.5, 0.6) is 0 Å². The summed E-state index contributed by atoms with van der Waals surface area (Å²) in [6, 6.07) is 0.238. The van der Waals surface area contributed by atoms with Gasteiger partial charge in [0.2, 0.25) is 0 Å². The number of nitrogens with zero attached hydrogens (tertiary/aromatic N) is 1. The van der Waals surface area contributed by atoms with Crippen LogP contribution in [0.25, 0.3) is 0 Å². The van der Waals surface area contributed by atoms with E-state index in [1.165, 1.54) is 6.42 Å². The molecule has 2 aliphatic rings. The Bertz CT molecular complexity index is 247. The molecule has 0 amide bonds. The van der Waals surface area contributed by atoms with Crippen molar-refractivity contribution >= 4 is 0 Å². The zero-order valence-electron chi connectivity index (χ0n) is 10.3. The first-order chi connectivity index (χ1) is 7.40. The van der Waals surface area contributed by atoms with Crippen LogP contribution in [0, 0.1) is 11.3 Å². The second-order valence-electron chi connectivity index (χ2n) is 6.17. The van der Waals surface area contributed by atoms with Crippen molar-refractivity contribution < 1.29 is 10.2 Å². The zero-order valence-corrected chi connectivity index (χ0v) is 10.3. The van der Waals surface area contributed by atoms with Crippen LogP contribution in [0.1, 0.15) is 26.7 Å². The molecule has 2 fully saturated rings. The largest absolute Gasteiger partial charge is 0.389 e. The highest BCUT2D eigenvalue weighted by molar-refractivity contribution is 4.96. The Balaban J connectivity index is 1.88. The van der Waals surface area contributed by atoms with Gasteiger partial charge in [0, 0.05) is 25.7 Å². The summed E-state index contributed by atoms with van der Waals surface area (Å²) in [5.41, 5.74) is 6.49. The first-order valence-corrected chi connectivity index (χ1v) is 6.24. The third-order valence-electron chi connectivity index (χ3n) is 4.40. The maximum absolute atomic E-state index is 9.49. The maximum atomic E-state index is 9.49. The summed E-state index contributed by atoms with van der Waals surface area (Å²) in [7, 11) is 0. The topological polar surface area (TPSA) is 69.7 Å². The van der Waals surface area contributed by atoms with E-state index in [2.05, 4.69) is 18.7 Å². The first-order valence-electron chi connectivity index (χ1n) is 6.24. The number of nitrogens with two attached hydrogens (primary N) is 1. The summed E-state index contributed by atoms with van der Waals surface area (Å²) in [5.74, 6) is 0.507. The summed E-state index contributed by atoms with van der Waals surface area (Å²) in [6.07, 6.45) is 1.19. The summed E-state index contributed by atoms with van der Waals surface area (Å²) >= 11 is 0. The molecule has 4 atom stereocenters. The molecule has 0 bridgehead atoms. The Kier molecular flexibility index (Phi) is 3.27. The fourth-order valence-electron chi connectivity index (χ4n) is 3.07. The molecule has 1 heterocycles. The lowest BCUT2D eigenvalue weighted by molar-refractivity contribution is 0.0572. The van der Waals surface area contributed by atoms with Crippen molar-refractivity contribution in [2.75, 3.05) is 19.6 Å². The smallest absolute Gasteiger partial charge is 0.0938 e. The number of rotatable bonds is 2. The van der Waals surface area contributed by atoms with Crippen molar-refractivity contribution in [3.05, 3.63) is 0 Å². The Hall–Kier alpha value is -0.160. The molecule has 1 aliphatic heterocycles. The predicted octanol–water partition coefficient (Wildman–Crippen LogP) is -0.213. The Morgan fingerprint density at radius 3 is 2.25 bits per heavy atom. The van der Waals surface area contributed by atoms with Crippen LogP contribution in [-0.2, 0) is 0 Å². The average Bonchev–Trinajstić information content (AvgIpc) is 2.62. The SMILES string of the molecule is CC1(C)CCC(CN2CC(O)C(O)C2)C1N. The Labute approximate surface area is 97.4 Å². The van der Waals surface area contributed by atoms with Gasteiger partial charge in [0.15, 0.2) is 0 Å². The Morgan fingerprint density at radius 2 is 1.81 bits per heavy atom. The number of aliphatic hydroxyl groups is 2. The van der Waals surface area contributed by atoms with Gasteiger partial charge in [-0.2, -0.15) is 0 Å². The quantitative estimate of drug-likeness (QED) is 0.611. The van der Waals surface area contributed by atoms with E-state index in [9.17, 15) is 10.2 Å². The predicted molar refractivity (Wildman–Crippen MR) is 62.9 cm³/mol. The average molecular weight is 228 g/mol. The second kappa shape index (κ2) is 4.26.